The monoisotopic (exact) mass is 209 g/mol. The van der Waals surface area contributed by atoms with Gasteiger partial charge in [0.05, 0.1) is 6.20 Å². The van der Waals surface area contributed by atoms with Crippen molar-refractivity contribution < 1.29 is 0 Å². The second-order valence-corrected chi connectivity index (χ2v) is 3.33. The smallest absolute Gasteiger partial charge is 0.198 e. The van der Waals surface area contributed by atoms with Crippen LogP contribution in [0.1, 0.15) is 13.3 Å². The molecule has 0 amide bonds. The summed E-state index contributed by atoms with van der Waals surface area (Å²) in [4.78, 5) is 11.1. The van der Waals surface area contributed by atoms with Crippen LogP contribution < -0.4 is 5.43 Å². The van der Waals surface area contributed by atoms with E-state index < -0.39 is 0 Å². The van der Waals surface area contributed by atoms with Crippen molar-refractivity contribution in [2.24, 2.45) is 0 Å². The van der Waals surface area contributed by atoms with E-state index in [9.17, 15) is 0 Å². The van der Waals surface area contributed by atoms with Gasteiger partial charge in [-0.3, -0.25) is 0 Å². The SMILES string of the molecule is CCCNn1cnc2cnc(=S)[nH]c21. The minimum absolute atomic E-state index is 0.470. The van der Waals surface area contributed by atoms with Crippen molar-refractivity contribution in [3.8, 4) is 0 Å². The molecular formula is C8H11N5S. The lowest BCUT2D eigenvalue weighted by Crippen LogP contribution is -2.14. The molecule has 0 fully saturated rings. The molecule has 0 saturated heterocycles. The van der Waals surface area contributed by atoms with Gasteiger partial charge in [-0.2, -0.15) is 0 Å². The highest BCUT2D eigenvalue weighted by Crippen LogP contribution is 2.05. The maximum Gasteiger partial charge on any atom is 0.198 e. The van der Waals surface area contributed by atoms with Gasteiger partial charge in [0.2, 0.25) is 0 Å². The lowest BCUT2D eigenvalue weighted by Gasteiger charge is -2.05. The third-order valence-corrected chi connectivity index (χ3v) is 2.06. The van der Waals surface area contributed by atoms with Crippen molar-refractivity contribution in [3.63, 3.8) is 0 Å². The average molecular weight is 209 g/mol. The molecule has 2 heterocycles. The normalized spacial score (nSPS) is 10.6. The van der Waals surface area contributed by atoms with E-state index >= 15 is 0 Å². The van der Waals surface area contributed by atoms with E-state index in [1.165, 1.54) is 0 Å². The molecule has 0 radical (unpaired) electrons. The molecule has 0 spiro atoms. The number of nitrogens with one attached hydrogen (secondary N) is 2. The standard InChI is InChI=1S/C8H11N5S/c1-2-3-11-13-5-10-6-4-9-8(14)12-7(6)13/h4-5,11H,2-3H2,1H3,(H,9,12,14). The fraction of sp³-hybridized carbons (Fsp3) is 0.375. The summed E-state index contributed by atoms with van der Waals surface area (Å²) in [6.45, 7) is 3.00. The predicted octanol–water partition coefficient (Wildman–Crippen LogP) is 1.44. The number of fused-ring (bicyclic) bond motifs is 1. The summed E-state index contributed by atoms with van der Waals surface area (Å²) >= 11 is 4.94. The van der Waals surface area contributed by atoms with E-state index in [-0.39, 0.29) is 0 Å². The maximum atomic E-state index is 4.94. The Hall–Kier alpha value is -1.43. The third-order valence-electron chi connectivity index (χ3n) is 1.86. The van der Waals surface area contributed by atoms with E-state index in [1.54, 1.807) is 12.5 Å². The molecule has 74 valence electrons. The van der Waals surface area contributed by atoms with Crippen LogP contribution in [0.2, 0.25) is 0 Å². The molecule has 0 atom stereocenters. The van der Waals surface area contributed by atoms with Crippen molar-refractivity contribution in [2.45, 2.75) is 13.3 Å². The maximum absolute atomic E-state index is 4.94. The van der Waals surface area contributed by atoms with Gasteiger partial charge in [-0.1, -0.05) is 6.92 Å². The van der Waals surface area contributed by atoms with E-state index in [2.05, 4.69) is 27.3 Å². The van der Waals surface area contributed by atoms with Gasteiger partial charge in [-0.25, -0.2) is 14.6 Å². The number of hydrogen-bond acceptors (Lipinski definition) is 4. The van der Waals surface area contributed by atoms with E-state index in [4.69, 9.17) is 12.2 Å². The second kappa shape index (κ2) is 3.75. The molecule has 0 bridgehead atoms. The number of hydrogen-bond donors (Lipinski definition) is 2. The Bertz CT molecular complexity index is 486. The number of nitrogens with zero attached hydrogens (tertiary/aromatic N) is 3. The zero-order chi connectivity index (χ0) is 9.97. The Morgan fingerprint density at radius 1 is 1.57 bits per heavy atom. The Kier molecular flexibility index (Phi) is 2.45. The van der Waals surface area contributed by atoms with Gasteiger partial charge in [-0.15, -0.1) is 0 Å². The lowest BCUT2D eigenvalue weighted by molar-refractivity contribution is 0.817. The fourth-order valence-electron chi connectivity index (χ4n) is 1.19. The average Bonchev–Trinajstić information content (AvgIpc) is 2.57. The third kappa shape index (κ3) is 1.60. The number of rotatable bonds is 3. The summed E-state index contributed by atoms with van der Waals surface area (Å²) in [5.41, 5.74) is 4.86. The molecule has 2 aromatic rings. The number of H-pyrrole nitrogens is 1. The van der Waals surface area contributed by atoms with Crippen molar-refractivity contribution >= 4 is 23.4 Å². The van der Waals surface area contributed by atoms with Crippen molar-refractivity contribution in [3.05, 3.63) is 17.3 Å². The molecule has 2 N–H and O–H groups in total. The van der Waals surface area contributed by atoms with Gasteiger partial charge in [0.1, 0.15) is 11.8 Å². The number of aromatic nitrogens is 4. The molecule has 2 aromatic heterocycles. The van der Waals surface area contributed by atoms with Gasteiger partial charge < -0.3 is 10.4 Å². The topological polar surface area (TPSA) is 58.5 Å². The molecular weight excluding hydrogens is 198 g/mol. The molecule has 5 nitrogen and oxygen atoms in total. The van der Waals surface area contributed by atoms with Crippen LogP contribution in [-0.2, 0) is 0 Å². The first-order valence-electron chi connectivity index (χ1n) is 4.47. The number of aromatic amines is 1. The van der Waals surface area contributed by atoms with E-state index in [1.807, 2.05) is 4.68 Å². The summed E-state index contributed by atoms with van der Waals surface area (Å²) in [5, 5.41) is 0. The first kappa shape index (κ1) is 9.14. The lowest BCUT2D eigenvalue weighted by atomic mass is 10.5. The number of imidazole rings is 1. The molecule has 0 unspecified atom stereocenters. The highest BCUT2D eigenvalue weighted by molar-refractivity contribution is 7.71. The van der Waals surface area contributed by atoms with Crippen LogP contribution in [0.15, 0.2) is 12.5 Å². The zero-order valence-electron chi connectivity index (χ0n) is 7.82. The first-order valence-corrected chi connectivity index (χ1v) is 4.88. The molecule has 0 aliphatic carbocycles. The van der Waals surface area contributed by atoms with Crippen LogP contribution in [0.4, 0.5) is 0 Å². The van der Waals surface area contributed by atoms with Crippen LogP contribution in [0.3, 0.4) is 0 Å². The summed E-state index contributed by atoms with van der Waals surface area (Å²) in [6.07, 6.45) is 4.44. The van der Waals surface area contributed by atoms with Gasteiger partial charge in [0.15, 0.2) is 10.4 Å². The minimum Gasteiger partial charge on any atom is -0.323 e. The molecule has 6 heteroatoms. The van der Waals surface area contributed by atoms with E-state index in [0.717, 1.165) is 24.1 Å². The molecule has 0 saturated carbocycles. The van der Waals surface area contributed by atoms with Gasteiger partial charge in [-0.05, 0) is 18.6 Å². The highest BCUT2D eigenvalue weighted by Gasteiger charge is 2.01. The Labute approximate surface area is 86.2 Å². The van der Waals surface area contributed by atoms with Crippen LogP contribution in [-0.4, -0.2) is 26.2 Å². The molecule has 0 aromatic carbocycles. The second-order valence-electron chi connectivity index (χ2n) is 2.94. The van der Waals surface area contributed by atoms with E-state index in [0.29, 0.717) is 4.77 Å². The zero-order valence-corrected chi connectivity index (χ0v) is 8.64. The van der Waals surface area contributed by atoms with Crippen molar-refractivity contribution in [1.29, 1.82) is 0 Å². The summed E-state index contributed by atoms with van der Waals surface area (Å²) in [5.74, 6) is 0. The first-order chi connectivity index (χ1) is 6.81. The quantitative estimate of drug-likeness (QED) is 0.751. The summed E-state index contributed by atoms with van der Waals surface area (Å²) in [6, 6.07) is 0. The molecule has 2 rings (SSSR count). The highest BCUT2D eigenvalue weighted by atomic mass is 32.1. The van der Waals surface area contributed by atoms with Crippen molar-refractivity contribution in [2.75, 3.05) is 12.0 Å². The van der Waals surface area contributed by atoms with Gasteiger partial charge >= 0.3 is 0 Å². The van der Waals surface area contributed by atoms with Crippen LogP contribution >= 0.6 is 12.2 Å². The predicted molar refractivity (Wildman–Crippen MR) is 57.2 cm³/mol. The Balaban J connectivity index is 2.45. The largest absolute Gasteiger partial charge is 0.323 e. The summed E-state index contributed by atoms with van der Waals surface area (Å²) in [7, 11) is 0. The Morgan fingerprint density at radius 3 is 3.21 bits per heavy atom. The fourth-order valence-corrected chi connectivity index (χ4v) is 1.34. The Morgan fingerprint density at radius 2 is 2.43 bits per heavy atom. The molecule has 0 aliphatic heterocycles. The van der Waals surface area contributed by atoms with Gasteiger partial charge in [0.25, 0.3) is 0 Å². The van der Waals surface area contributed by atoms with Crippen LogP contribution in [0, 0.1) is 4.77 Å². The molecule has 14 heavy (non-hydrogen) atoms. The summed E-state index contributed by atoms with van der Waals surface area (Å²) < 4.78 is 2.30. The van der Waals surface area contributed by atoms with Crippen LogP contribution in [0.25, 0.3) is 11.2 Å². The molecule has 0 aliphatic rings. The minimum atomic E-state index is 0.470. The van der Waals surface area contributed by atoms with Gasteiger partial charge in [0, 0.05) is 6.54 Å². The van der Waals surface area contributed by atoms with Crippen molar-refractivity contribution in [1.82, 2.24) is 19.6 Å². The van der Waals surface area contributed by atoms with Crippen LogP contribution in [0.5, 0.6) is 0 Å².